The highest BCUT2D eigenvalue weighted by Crippen LogP contribution is 2.38. The minimum absolute atomic E-state index is 0.116. The van der Waals surface area contributed by atoms with Gasteiger partial charge in [0.05, 0.1) is 29.7 Å². The number of hydrogen-bond donors (Lipinski definition) is 1. The number of sulfonamides is 1. The maximum absolute atomic E-state index is 13.0. The third-order valence-electron chi connectivity index (χ3n) is 4.79. The van der Waals surface area contributed by atoms with E-state index in [0.29, 0.717) is 28.4 Å². The van der Waals surface area contributed by atoms with Gasteiger partial charge in [-0.15, -0.1) is 6.58 Å². The van der Waals surface area contributed by atoms with Crippen molar-refractivity contribution >= 4 is 27.3 Å². The van der Waals surface area contributed by atoms with E-state index in [4.69, 9.17) is 9.47 Å². The Morgan fingerprint density at radius 3 is 2.70 bits per heavy atom. The van der Waals surface area contributed by atoms with Gasteiger partial charge in [-0.05, 0) is 38.1 Å². The Morgan fingerprint density at radius 1 is 1.27 bits per heavy atom. The van der Waals surface area contributed by atoms with E-state index in [2.05, 4.69) is 11.3 Å². The highest BCUT2D eigenvalue weighted by molar-refractivity contribution is 7.91. The van der Waals surface area contributed by atoms with E-state index in [0.717, 1.165) is 0 Å². The van der Waals surface area contributed by atoms with Gasteiger partial charge in [0.25, 0.3) is 0 Å². The summed E-state index contributed by atoms with van der Waals surface area (Å²) in [6.45, 7) is 7.87. The van der Waals surface area contributed by atoms with Gasteiger partial charge in [-0.25, -0.2) is 8.42 Å². The first-order valence-electron chi connectivity index (χ1n) is 9.49. The van der Waals surface area contributed by atoms with Crippen LogP contribution in [0.1, 0.15) is 19.4 Å². The van der Waals surface area contributed by atoms with Gasteiger partial charge in [0.2, 0.25) is 15.9 Å². The standard InChI is InChI=1S/C22H26N2O5S/c1-5-12-24-18-13-17(10-11-20(18)29-15-22(2,3)21(24)25)23-30(26,27)14-16-8-6-7-9-19(16)28-4/h5-11,13,23H,1,12,14-15H2,2-4H3. The van der Waals surface area contributed by atoms with Gasteiger partial charge in [0, 0.05) is 12.1 Å². The zero-order valence-electron chi connectivity index (χ0n) is 17.3. The van der Waals surface area contributed by atoms with Gasteiger partial charge in [-0.3, -0.25) is 9.52 Å². The third-order valence-corrected chi connectivity index (χ3v) is 6.02. The summed E-state index contributed by atoms with van der Waals surface area (Å²) in [4.78, 5) is 14.5. The Hall–Kier alpha value is -3.00. The van der Waals surface area contributed by atoms with Crippen LogP contribution in [-0.2, 0) is 20.6 Å². The second-order valence-electron chi connectivity index (χ2n) is 7.73. The summed E-state index contributed by atoms with van der Waals surface area (Å²) in [5, 5.41) is 0. The van der Waals surface area contributed by atoms with Crippen LogP contribution in [0.3, 0.4) is 0 Å². The minimum atomic E-state index is -3.72. The molecule has 0 atom stereocenters. The summed E-state index contributed by atoms with van der Waals surface area (Å²) in [6.07, 6.45) is 1.63. The Kier molecular flexibility index (Phi) is 6.07. The number of anilines is 2. The van der Waals surface area contributed by atoms with E-state index >= 15 is 0 Å². The molecule has 0 spiro atoms. The van der Waals surface area contributed by atoms with Crippen molar-refractivity contribution in [3.05, 3.63) is 60.7 Å². The number of methoxy groups -OCH3 is 1. The third kappa shape index (κ3) is 4.59. The van der Waals surface area contributed by atoms with Crippen molar-refractivity contribution < 1.29 is 22.7 Å². The van der Waals surface area contributed by atoms with Crippen LogP contribution in [0.2, 0.25) is 0 Å². The average molecular weight is 431 g/mol. The van der Waals surface area contributed by atoms with Crippen molar-refractivity contribution in [1.82, 2.24) is 0 Å². The van der Waals surface area contributed by atoms with Gasteiger partial charge in [-0.1, -0.05) is 24.3 Å². The lowest BCUT2D eigenvalue weighted by molar-refractivity contribution is -0.127. The first kappa shape index (κ1) is 21.7. The van der Waals surface area contributed by atoms with Crippen LogP contribution >= 0.6 is 0 Å². The number of nitrogens with zero attached hydrogens (tertiary/aromatic N) is 1. The molecule has 1 N–H and O–H groups in total. The van der Waals surface area contributed by atoms with Crippen LogP contribution in [0, 0.1) is 5.41 Å². The largest absolute Gasteiger partial charge is 0.496 e. The van der Waals surface area contributed by atoms with Gasteiger partial charge in [0.1, 0.15) is 18.1 Å². The smallest absolute Gasteiger partial charge is 0.237 e. The number of hydrogen-bond acceptors (Lipinski definition) is 5. The number of ether oxygens (including phenoxy) is 2. The second-order valence-corrected chi connectivity index (χ2v) is 9.45. The molecule has 0 aromatic heterocycles. The van der Waals surface area contributed by atoms with E-state index < -0.39 is 15.4 Å². The molecule has 0 fully saturated rings. The first-order valence-corrected chi connectivity index (χ1v) is 11.1. The topological polar surface area (TPSA) is 84.9 Å². The molecule has 0 saturated carbocycles. The van der Waals surface area contributed by atoms with Crippen molar-refractivity contribution in [3.8, 4) is 11.5 Å². The molecule has 1 amide bonds. The fourth-order valence-corrected chi connectivity index (χ4v) is 4.47. The maximum Gasteiger partial charge on any atom is 0.237 e. The summed E-state index contributed by atoms with van der Waals surface area (Å²) >= 11 is 0. The van der Waals surface area contributed by atoms with E-state index in [9.17, 15) is 13.2 Å². The van der Waals surface area contributed by atoms with Crippen LogP contribution in [0.4, 0.5) is 11.4 Å². The fraction of sp³-hybridized carbons (Fsp3) is 0.318. The molecular formula is C22H26N2O5S. The Labute approximate surface area is 177 Å². The minimum Gasteiger partial charge on any atom is -0.496 e. The summed E-state index contributed by atoms with van der Waals surface area (Å²) in [6, 6.07) is 11.8. The number of rotatable bonds is 7. The fourth-order valence-electron chi connectivity index (χ4n) is 3.26. The van der Waals surface area contributed by atoms with E-state index in [1.807, 2.05) is 13.8 Å². The molecule has 0 aliphatic carbocycles. The molecular weight excluding hydrogens is 404 g/mol. The van der Waals surface area contributed by atoms with Crippen LogP contribution in [0.25, 0.3) is 0 Å². The van der Waals surface area contributed by atoms with Crippen molar-refractivity contribution in [2.24, 2.45) is 5.41 Å². The molecule has 3 rings (SSSR count). The Morgan fingerprint density at radius 2 is 2.00 bits per heavy atom. The number of nitrogens with one attached hydrogen (secondary N) is 1. The molecule has 7 nitrogen and oxygen atoms in total. The SMILES string of the molecule is C=CCN1C(=O)C(C)(C)COc2ccc(NS(=O)(=O)Cc3ccccc3OC)cc21. The summed E-state index contributed by atoms with van der Waals surface area (Å²) in [5.41, 5.74) is 0.679. The number of carbonyl (C=O) groups is 1. The number of fused-ring (bicyclic) bond motifs is 1. The summed E-state index contributed by atoms with van der Waals surface area (Å²) in [5.74, 6) is 0.661. The Balaban J connectivity index is 1.91. The monoisotopic (exact) mass is 430 g/mol. The highest BCUT2D eigenvalue weighted by Gasteiger charge is 2.37. The molecule has 0 bridgehead atoms. The van der Waals surface area contributed by atoms with E-state index in [1.165, 1.54) is 7.11 Å². The molecule has 160 valence electrons. The van der Waals surface area contributed by atoms with Gasteiger partial charge in [0.15, 0.2) is 0 Å². The quantitative estimate of drug-likeness (QED) is 0.679. The number of para-hydroxylation sites is 1. The Bertz CT molecular complexity index is 1060. The molecule has 1 aliphatic rings. The molecule has 0 unspecified atom stereocenters. The van der Waals surface area contributed by atoms with E-state index in [1.54, 1.807) is 53.4 Å². The van der Waals surface area contributed by atoms with Crippen LogP contribution in [0.15, 0.2) is 55.1 Å². The van der Waals surface area contributed by atoms with Crippen molar-refractivity contribution in [3.63, 3.8) is 0 Å². The second kappa shape index (κ2) is 8.39. The normalized spacial score (nSPS) is 15.6. The molecule has 2 aromatic carbocycles. The first-order chi connectivity index (χ1) is 14.2. The number of carbonyl (C=O) groups excluding carboxylic acids is 1. The van der Waals surface area contributed by atoms with Crippen LogP contribution < -0.4 is 19.1 Å². The van der Waals surface area contributed by atoms with Crippen LogP contribution in [-0.4, -0.2) is 34.6 Å². The molecule has 2 aromatic rings. The lowest BCUT2D eigenvalue weighted by atomic mass is 9.93. The zero-order valence-corrected chi connectivity index (χ0v) is 18.2. The van der Waals surface area contributed by atoms with E-state index in [-0.39, 0.29) is 24.8 Å². The number of benzene rings is 2. The lowest BCUT2D eigenvalue weighted by Crippen LogP contribution is -2.42. The van der Waals surface area contributed by atoms with Gasteiger partial charge >= 0.3 is 0 Å². The number of amides is 1. The van der Waals surface area contributed by atoms with Crippen molar-refractivity contribution in [2.75, 3.05) is 29.9 Å². The summed E-state index contributed by atoms with van der Waals surface area (Å²) in [7, 11) is -2.22. The molecule has 1 heterocycles. The predicted octanol–water partition coefficient (Wildman–Crippen LogP) is 3.57. The zero-order chi connectivity index (χ0) is 21.9. The van der Waals surface area contributed by atoms with Gasteiger partial charge < -0.3 is 14.4 Å². The van der Waals surface area contributed by atoms with Crippen molar-refractivity contribution in [2.45, 2.75) is 19.6 Å². The molecule has 0 radical (unpaired) electrons. The van der Waals surface area contributed by atoms with Crippen molar-refractivity contribution in [1.29, 1.82) is 0 Å². The maximum atomic E-state index is 13.0. The average Bonchev–Trinajstić information content (AvgIpc) is 2.78. The summed E-state index contributed by atoms with van der Waals surface area (Å²) < 4.78 is 39.2. The molecule has 1 aliphatic heterocycles. The van der Waals surface area contributed by atoms with Crippen LogP contribution in [0.5, 0.6) is 11.5 Å². The van der Waals surface area contributed by atoms with Gasteiger partial charge in [-0.2, -0.15) is 0 Å². The lowest BCUT2D eigenvalue weighted by Gasteiger charge is -2.27. The predicted molar refractivity (Wildman–Crippen MR) is 118 cm³/mol. The molecule has 0 saturated heterocycles. The highest BCUT2D eigenvalue weighted by atomic mass is 32.2. The molecule has 30 heavy (non-hydrogen) atoms. The molecule has 8 heteroatoms.